The molecule has 3 aromatic carbocycles. The normalized spacial score (nSPS) is 14.2. The highest BCUT2D eigenvalue weighted by Gasteiger charge is 2.20. The Labute approximate surface area is 230 Å². The summed E-state index contributed by atoms with van der Waals surface area (Å²) in [5, 5.41) is 5.84. The van der Waals surface area contributed by atoms with Gasteiger partial charge in [-0.3, -0.25) is 14.5 Å². The molecule has 0 aliphatic carbocycles. The van der Waals surface area contributed by atoms with Crippen LogP contribution in [-0.4, -0.2) is 56.0 Å². The third-order valence-electron chi connectivity index (χ3n) is 7.02. The number of carbonyl (C=O) groups is 2. The van der Waals surface area contributed by atoms with Crippen molar-refractivity contribution in [3.05, 3.63) is 94.8 Å². The van der Waals surface area contributed by atoms with Gasteiger partial charge in [-0.1, -0.05) is 39.0 Å². The van der Waals surface area contributed by atoms with Crippen molar-refractivity contribution < 1.29 is 14.0 Å². The molecule has 0 aromatic heterocycles. The first-order chi connectivity index (χ1) is 18.6. The average molecular weight is 532 g/mol. The lowest BCUT2D eigenvalue weighted by Crippen LogP contribution is -2.46. The van der Waals surface area contributed by atoms with Gasteiger partial charge in [0.25, 0.3) is 11.8 Å². The van der Waals surface area contributed by atoms with Gasteiger partial charge in [0.15, 0.2) is 0 Å². The zero-order chi connectivity index (χ0) is 28.0. The molecule has 0 unspecified atom stereocenters. The molecule has 0 radical (unpaired) electrons. The first-order valence-electron chi connectivity index (χ1n) is 13.4. The number of hydrogen-bond donors (Lipinski definition) is 3. The van der Waals surface area contributed by atoms with Crippen molar-refractivity contribution in [3.8, 4) is 0 Å². The smallest absolute Gasteiger partial charge is 0.255 e. The topological polar surface area (TPSA) is 90.7 Å². The fourth-order valence-corrected chi connectivity index (χ4v) is 4.63. The van der Waals surface area contributed by atoms with Gasteiger partial charge in [0, 0.05) is 68.3 Å². The second-order valence-electron chi connectivity index (χ2n) is 10.9. The molecule has 1 aliphatic heterocycles. The molecule has 4 N–H and O–H groups in total. The minimum absolute atomic E-state index is 0.00583. The van der Waals surface area contributed by atoms with Gasteiger partial charge >= 0.3 is 0 Å². The minimum atomic E-state index is -0.239. The molecule has 0 spiro atoms. The van der Waals surface area contributed by atoms with E-state index in [2.05, 4.69) is 41.2 Å². The van der Waals surface area contributed by atoms with E-state index in [0.29, 0.717) is 36.4 Å². The summed E-state index contributed by atoms with van der Waals surface area (Å²) in [6.07, 6.45) is 0. The molecule has 4 rings (SSSR count). The van der Waals surface area contributed by atoms with E-state index in [-0.39, 0.29) is 23.0 Å². The van der Waals surface area contributed by atoms with Crippen molar-refractivity contribution in [2.24, 2.45) is 5.73 Å². The molecule has 206 valence electrons. The van der Waals surface area contributed by atoms with Crippen LogP contribution >= 0.6 is 0 Å². The molecule has 1 saturated heterocycles. The lowest BCUT2D eigenvalue weighted by molar-refractivity contribution is 0.0953. The van der Waals surface area contributed by atoms with Crippen molar-refractivity contribution in [2.45, 2.75) is 32.7 Å². The van der Waals surface area contributed by atoms with Crippen molar-refractivity contribution in [2.75, 3.05) is 49.5 Å². The molecule has 1 fully saturated rings. The number of carbonyl (C=O) groups excluding carboxylic acids is 2. The van der Waals surface area contributed by atoms with Crippen LogP contribution in [0.3, 0.4) is 0 Å². The predicted octanol–water partition coefficient (Wildman–Crippen LogP) is 4.39. The Hall–Kier alpha value is -3.75. The van der Waals surface area contributed by atoms with E-state index in [1.54, 1.807) is 24.3 Å². The summed E-state index contributed by atoms with van der Waals surface area (Å²) in [4.78, 5) is 30.4. The molecule has 7 nitrogen and oxygen atoms in total. The van der Waals surface area contributed by atoms with E-state index in [1.165, 1.54) is 12.1 Å². The highest BCUT2D eigenvalue weighted by Crippen LogP contribution is 2.25. The van der Waals surface area contributed by atoms with Crippen molar-refractivity contribution in [1.29, 1.82) is 0 Å². The van der Waals surface area contributed by atoms with Crippen molar-refractivity contribution in [1.82, 2.24) is 10.2 Å². The second-order valence-corrected chi connectivity index (χ2v) is 10.9. The quantitative estimate of drug-likeness (QED) is 0.401. The maximum absolute atomic E-state index is 13.3. The molecule has 0 saturated carbocycles. The Bertz CT molecular complexity index is 1280. The van der Waals surface area contributed by atoms with Crippen LogP contribution in [0.25, 0.3) is 0 Å². The molecule has 0 atom stereocenters. The highest BCUT2D eigenvalue weighted by molar-refractivity contribution is 6.05. The molecule has 8 heteroatoms. The maximum atomic E-state index is 13.3. The Balaban J connectivity index is 1.50. The highest BCUT2D eigenvalue weighted by atomic mass is 19.1. The molecule has 1 aliphatic rings. The SMILES string of the molecule is CC(C)(C)c1ccc(C(=O)Nc2cc(C(=O)NCCN)ccc2CN2CCN(c3ccc(F)cc3)CC2)cc1. The molecular weight excluding hydrogens is 493 g/mol. The van der Waals surface area contributed by atoms with Crippen molar-refractivity contribution in [3.63, 3.8) is 0 Å². The second kappa shape index (κ2) is 12.4. The van der Waals surface area contributed by atoms with Gasteiger partial charge in [0.05, 0.1) is 0 Å². The molecule has 39 heavy (non-hydrogen) atoms. The van der Waals surface area contributed by atoms with E-state index in [1.807, 2.05) is 30.3 Å². The number of piperazine rings is 1. The average Bonchev–Trinajstić information content (AvgIpc) is 2.93. The van der Waals surface area contributed by atoms with Crippen LogP contribution in [0.1, 0.15) is 52.6 Å². The molecule has 3 aromatic rings. The number of benzene rings is 3. The van der Waals surface area contributed by atoms with Crippen LogP contribution in [0, 0.1) is 5.82 Å². The third-order valence-corrected chi connectivity index (χ3v) is 7.02. The van der Waals surface area contributed by atoms with Crippen LogP contribution in [0.2, 0.25) is 0 Å². The summed E-state index contributed by atoms with van der Waals surface area (Å²) in [5.41, 5.74) is 10.3. The van der Waals surface area contributed by atoms with E-state index >= 15 is 0 Å². The molecule has 0 bridgehead atoms. The van der Waals surface area contributed by atoms with Gasteiger partial charge in [-0.15, -0.1) is 0 Å². The number of nitrogens with one attached hydrogen (secondary N) is 2. The lowest BCUT2D eigenvalue weighted by Gasteiger charge is -2.36. The van der Waals surface area contributed by atoms with Crippen LogP contribution in [0.5, 0.6) is 0 Å². The predicted molar refractivity (Wildman–Crippen MR) is 155 cm³/mol. The van der Waals surface area contributed by atoms with E-state index in [4.69, 9.17) is 5.73 Å². The zero-order valence-electron chi connectivity index (χ0n) is 23.0. The van der Waals surface area contributed by atoms with E-state index in [9.17, 15) is 14.0 Å². The fourth-order valence-electron chi connectivity index (χ4n) is 4.63. The largest absolute Gasteiger partial charge is 0.369 e. The molecular formula is C31H38FN5O2. The number of nitrogens with two attached hydrogens (primary N) is 1. The summed E-state index contributed by atoms with van der Waals surface area (Å²) < 4.78 is 13.3. The Morgan fingerprint density at radius 1 is 0.872 bits per heavy atom. The standard InChI is InChI=1S/C31H38FN5O2/c1-31(2,3)25-8-6-22(7-9-25)30(39)35-28-20-23(29(38)34-15-14-33)4-5-24(28)21-36-16-18-37(19-17-36)27-12-10-26(32)11-13-27/h4-13,20H,14-19,21,33H2,1-3H3,(H,34,38)(H,35,39). The van der Waals surface area contributed by atoms with Gasteiger partial charge in [-0.05, 0) is 65.1 Å². The molecule has 2 amide bonds. The van der Waals surface area contributed by atoms with Crippen LogP contribution in [0.15, 0.2) is 66.7 Å². The number of halogens is 1. The first-order valence-corrected chi connectivity index (χ1v) is 13.4. The minimum Gasteiger partial charge on any atom is -0.369 e. The fraction of sp³-hybridized carbons (Fsp3) is 0.355. The van der Waals surface area contributed by atoms with Gasteiger partial charge < -0.3 is 21.3 Å². The Kier molecular flexibility index (Phi) is 8.99. The Morgan fingerprint density at radius 2 is 1.51 bits per heavy atom. The summed E-state index contributed by atoms with van der Waals surface area (Å²) in [5.74, 6) is -0.695. The van der Waals surface area contributed by atoms with E-state index < -0.39 is 0 Å². The van der Waals surface area contributed by atoms with Gasteiger partial charge in [0.2, 0.25) is 0 Å². The summed E-state index contributed by atoms with van der Waals surface area (Å²) in [6, 6.07) is 19.6. The van der Waals surface area contributed by atoms with Gasteiger partial charge in [-0.2, -0.15) is 0 Å². The summed E-state index contributed by atoms with van der Waals surface area (Å²) in [7, 11) is 0. The third kappa shape index (κ3) is 7.43. The van der Waals surface area contributed by atoms with Crippen LogP contribution in [0.4, 0.5) is 15.8 Å². The number of anilines is 2. The van der Waals surface area contributed by atoms with E-state index in [0.717, 1.165) is 43.0 Å². The maximum Gasteiger partial charge on any atom is 0.255 e. The summed E-state index contributed by atoms with van der Waals surface area (Å²) >= 11 is 0. The number of amides is 2. The number of nitrogens with zero attached hydrogens (tertiary/aromatic N) is 2. The molecule has 1 heterocycles. The van der Waals surface area contributed by atoms with Gasteiger partial charge in [-0.25, -0.2) is 4.39 Å². The number of hydrogen-bond acceptors (Lipinski definition) is 5. The number of rotatable bonds is 8. The van der Waals surface area contributed by atoms with Crippen molar-refractivity contribution >= 4 is 23.2 Å². The summed E-state index contributed by atoms with van der Waals surface area (Å²) in [6.45, 7) is 11.0. The van der Waals surface area contributed by atoms with Crippen LogP contribution in [-0.2, 0) is 12.0 Å². The Morgan fingerprint density at radius 3 is 2.13 bits per heavy atom. The van der Waals surface area contributed by atoms with Crippen LogP contribution < -0.4 is 21.3 Å². The lowest BCUT2D eigenvalue weighted by atomic mass is 9.86. The first kappa shape index (κ1) is 28.3. The zero-order valence-corrected chi connectivity index (χ0v) is 23.0. The van der Waals surface area contributed by atoms with Gasteiger partial charge in [0.1, 0.15) is 5.82 Å². The monoisotopic (exact) mass is 531 g/mol.